The molecule has 0 aliphatic carbocycles. The van der Waals surface area contributed by atoms with Gasteiger partial charge in [-0.2, -0.15) is 0 Å². The highest BCUT2D eigenvalue weighted by molar-refractivity contribution is 6.11. The predicted molar refractivity (Wildman–Crippen MR) is 130 cm³/mol. The van der Waals surface area contributed by atoms with Crippen LogP contribution in [0.5, 0.6) is 0 Å². The van der Waals surface area contributed by atoms with Gasteiger partial charge in [0.25, 0.3) is 0 Å². The fourth-order valence-corrected chi connectivity index (χ4v) is 4.32. The number of fused-ring (bicyclic) bond motifs is 3. The second-order valence-corrected chi connectivity index (χ2v) is 8.82. The maximum atomic E-state index is 6.49. The summed E-state index contributed by atoms with van der Waals surface area (Å²) in [6.45, 7) is 8.95. The Balaban J connectivity index is 1.70. The van der Waals surface area contributed by atoms with E-state index in [4.69, 9.17) is 9.40 Å². The fourth-order valence-electron chi connectivity index (χ4n) is 4.32. The minimum absolute atomic E-state index is 0.479. The maximum Gasteiger partial charge on any atom is 0.145 e. The van der Waals surface area contributed by atoms with E-state index in [-0.39, 0.29) is 0 Å². The molecular weight excluding hydrogens is 378 g/mol. The number of aromatic nitrogens is 1. The molecule has 5 rings (SSSR count). The van der Waals surface area contributed by atoms with Crippen LogP contribution in [-0.2, 0) is 0 Å². The highest BCUT2D eigenvalue weighted by atomic mass is 16.3. The SMILES string of the molecule is Cc1ccc(-c2cc(C(C)C(C)C)ccn2)c2oc3cc(-c4ccccc4)ccc3c12. The van der Waals surface area contributed by atoms with Crippen molar-refractivity contribution in [2.75, 3.05) is 0 Å². The number of furan rings is 1. The fraction of sp³-hybridized carbons (Fsp3) is 0.207. The molecule has 0 radical (unpaired) electrons. The third-order valence-corrected chi connectivity index (χ3v) is 6.52. The van der Waals surface area contributed by atoms with Gasteiger partial charge in [-0.05, 0) is 71.3 Å². The lowest BCUT2D eigenvalue weighted by Gasteiger charge is -2.16. The van der Waals surface area contributed by atoms with Gasteiger partial charge >= 0.3 is 0 Å². The van der Waals surface area contributed by atoms with Gasteiger partial charge in [0, 0.05) is 22.5 Å². The van der Waals surface area contributed by atoms with Gasteiger partial charge in [-0.3, -0.25) is 4.98 Å². The molecule has 2 nitrogen and oxygen atoms in total. The van der Waals surface area contributed by atoms with E-state index < -0.39 is 0 Å². The first kappa shape index (κ1) is 19.6. The lowest BCUT2D eigenvalue weighted by atomic mass is 9.90. The van der Waals surface area contributed by atoms with Gasteiger partial charge in [0.05, 0.1) is 5.69 Å². The second-order valence-electron chi connectivity index (χ2n) is 8.82. The van der Waals surface area contributed by atoms with Crippen LogP contribution in [-0.4, -0.2) is 4.98 Å². The van der Waals surface area contributed by atoms with Crippen molar-refractivity contribution in [3.63, 3.8) is 0 Å². The molecule has 0 fully saturated rings. The summed E-state index contributed by atoms with van der Waals surface area (Å²) in [6.07, 6.45) is 1.92. The molecule has 0 saturated carbocycles. The zero-order valence-corrected chi connectivity index (χ0v) is 18.5. The smallest absolute Gasteiger partial charge is 0.145 e. The van der Waals surface area contributed by atoms with E-state index in [1.54, 1.807) is 0 Å². The number of pyridine rings is 1. The number of aryl methyl sites for hydroxylation is 1. The molecule has 0 aliphatic rings. The molecule has 154 valence electrons. The molecule has 1 unspecified atom stereocenters. The minimum Gasteiger partial charge on any atom is -0.455 e. The molecule has 2 heterocycles. The molecule has 0 N–H and O–H groups in total. The third-order valence-electron chi connectivity index (χ3n) is 6.52. The first-order chi connectivity index (χ1) is 15.0. The van der Waals surface area contributed by atoms with E-state index in [0.29, 0.717) is 11.8 Å². The van der Waals surface area contributed by atoms with Crippen molar-refractivity contribution in [1.82, 2.24) is 4.98 Å². The Kier molecular flexibility index (Phi) is 4.86. The molecule has 31 heavy (non-hydrogen) atoms. The lowest BCUT2D eigenvalue weighted by Crippen LogP contribution is -2.02. The van der Waals surface area contributed by atoms with Crippen LogP contribution in [0.2, 0.25) is 0 Å². The van der Waals surface area contributed by atoms with Crippen molar-refractivity contribution in [3.8, 4) is 22.4 Å². The molecule has 5 aromatic rings. The second kappa shape index (κ2) is 7.70. The van der Waals surface area contributed by atoms with E-state index in [9.17, 15) is 0 Å². The van der Waals surface area contributed by atoms with Crippen LogP contribution in [0.1, 0.15) is 37.8 Å². The summed E-state index contributed by atoms with van der Waals surface area (Å²) in [5, 5.41) is 2.33. The first-order valence-electron chi connectivity index (χ1n) is 11.0. The number of rotatable bonds is 4. The van der Waals surface area contributed by atoms with Gasteiger partial charge in [0.15, 0.2) is 0 Å². The van der Waals surface area contributed by atoms with Crippen molar-refractivity contribution in [2.45, 2.75) is 33.6 Å². The minimum atomic E-state index is 0.479. The summed E-state index contributed by atoms with van der Waals surface area (Å²) in [6, 6.07) is 25.6. The normalized spacial score (nSPS) is 12.7. The Morgan fingerprint density at radius 1 is 0.806 bits per heavy atom. The molecule has 1 atom stereocenters. The zero-order valence-electron chi connectivity index (χ0n) is 18.5. The average Bonchev–Trinajstić information content (AvgIpc) is 3.19. The summed E-state index contributed by atoms with van der Waals surface area (Å²) in [5.74, 6) is 1.06. The molecule has 0 saturated heterocycles. The Labute approximate surface area is 183 Å². The van der Waals surface area contributed by atoms with Gasteiger partial charge in [0.1, 0.15) is 11.2 Å². The molecule has 3 aromatic carbocycles. The standard InChI is InChI=1S/C29H27NO/c1-18(2)20(4)22-14-15-30-26(16-22)24-12-10-19(3)28-25-13-11-23(17-27(25)31-29(24)28)21-8-6-5-7-9-21/h5-18,20H,1-4H3. The first-order valence-corrected chi connectivity index (χ1v) is 11.0. The topological polar surface area (TPSA) is 26.0 Å². The summed E-state index contributed by atoms with van der Waals surface area (Å²) in [5.41, 5.74) is 8.75. The van der Waals surface area contributed by atoms with Crippen molar-refractivity contribution in [2.24, 2.45) is 5.92 Å². The van der Waals surface area contributed by atoms with Crippen LogP contribution in [0.3, 0.4) is 0 Å². The van der Waals surface area contributed by atoms with Crippen LogP contribution in [0, 0.1) is 12.8 Å². The van der Waals surface area contributed by atoms with Crippen LogP contribution in [0.25, 0.3) is 44.3 Å². The number of hydrogen-bond donors (Lipinski definition) is 0. The van der Waals surface area contributed by atoms with Crippen LogP contribution in [0.15, 0.2) is 83.4 Å². The van der Waals surface area contributed by atoms with Crippen LogP contribution >= 0.6 is 0 Å². The predicted octanol–water partition coefficient (Wildman–Crippen LogP) is 8.38. The Bertz CT molecular complexity index is 1380. The van der Waals surface area contributed by atoms with E-state index in [2.05, 4.69) is 94.4 Å². The molecule has 0 aliphatic heterocycles. The molecular formula is C29H27NO. The van der Waals surface area contributed by atoms with Crippen molar-refractivity contribution in [3.05, 3.63) is 90.1 Å². The highest BCUT2D eigenvalue weighted by Gasteiger charge is 2.17. The summed E-state index contributed by atoms with van der Waals surface area (Å²) in [7, 11) is 0. The number of nitrogens with zero attached hydrogens (tertiary/aromatic N) is 1. The summed E-state index contributed by atoms with van der Waals surface area (Å²) < 4.78 is 6.49. The van der Waals surface area contributed by atoms with E-state index in [1.165, 1.54) is 22.1 Å². The molecule has 0 spiro atoms. The molecule has 2 heteroatoms. The molecule has 2 aromatic heterocycles. The average molecular weight is 406 g/mol. The van der Waals surface area contributed by atoms with Crippen LogP contribution in [0.4, 0.5) is 0 Å². The van der Waals surface area contributed by atoms with E-state index >= 15 is 0 Å². The van der Waals surface area contributed by atoms with Crippen molar-refractivity contribution < 1.29 is 4.42 Å². The number of hydrogen-bond acceptors (Lipinski definition) is 2. The largest absolute Gasteiger partial charge is 0.455 e. The lowest BCUT2D eigenvalue weighted by molar-refractivity contribution is 0.535. The maximum absolute atomic E-state index is 6.49. The Hall–Kier alpha value is -3.39. The van der Waals surface area contributed by atoms with Crippen molar-refractivity contribution >= 4 is 21.9 Å². The zero-order chi connectivity index (χ0) is 21.5. The Morgan fingerprint density at radius 3 is 2.39 bits per heavy atom. The number of benzene rings is 3. The van der Waals surface area contributed by atoms with Gasteiger partial charge in [0.2, 0.25) is 0 Å². The van der Waals surface area contributed by atoms with E-state index in [0.717, 1.165) is 33.4 Å². The van der Waals surface area contributed by atoms with Crippen molar-refractivity contribution in [1.29, 1.82) is 0 Å². The van der Waals surface area contributed by atoms with Gasteiger partial charge in [-0.15, -0.1) is 0 Å². The summed E-state index contributed by atoms with van der Waals surface area (Å²) >= 11 is 0. The quantitative estimate of drug-likeness (QED) is 0.300. The van der Waals surface area contributed by atoms with E-state index in [1.807, 2.05) is 12.3 Å². The van der Waals surface area contributed by atoms with Gasteiger partial charge in [-0.1, -0.05) is 63.2 Å². The monoisotopic (exact) mass is 405 g/mol. The van der Waals surface area contributed by atoms with Crippen LogP contribution < -0.4 is 0 Å². The summed E-state index contributed by atoms with van der Waals surface area (Å²) in [4.78, 5) is 4.71. The highest BCUT2D eigenvalue weighted by Crippen LogP contribution is 2.39. The van der Waals surface area contributed by atoms with Gasteiger partial charge in [-0.25, -0.2) is 0 Å². The Morgan fingerprint density at radius 2 is 1.61 bits per heavy atom. The molecule has 0 amide bonds. The molecule has 0 bridgehead atoms. The van der Waals surface area contributed by atoms with Gasteiger partial charge < -0.3 is 4.42 Å². The third kappa shape index (κ3) is 3.42.